The number of nitrogens with zero attached hydrogens (tertiary/aromatic N) is 4. The van der Waals surface area contributed by atoms with E-state index in [4.69, 9.17) is 4.74 Å². The first-order chi connectivity index (χ1) is 14.6. The summed E-state index contributed by atoms with van der Waals surface area (Å²) in [6.07, 6.45) is 3.32. The molecule has 2 N–H and O–H groups in total. The average Bonchev–Trinajstić information content (AvgIpc) is 3.26. The van der Waals surface area contributed by atoms with Gasteiger partial charge in [0.1, 0.15) is 17.8 Å². The molecule has 30 heavy (non-hydrogen) atoms. The molecule has 0 saturated carbocycles. The zero-order valence-electron chi connectivity index (χ0n) is 16.8. The number of aromatic nitrogens is 3. The van der Waals surface area contributed by atoms with Gasteiger partial charge in [0.25, 0.3) is 5.91 Å². The fraction of sp³-hybridized carbons (Fsp3) is 0.333. The molecule has 0 atom stereocenters. The average molecular weight is 408 g/mol. The van der Waals surface area contributed by atoms with Gasteiger partial charge < -0.3 is 24.8 Å². The van der Waals surface area contributed by atoms with Crippen LogP contribution in [-0.4, -0.2) is 71.1 Å². The zero-order chi connectivity index (χ0) is 20.9. The summed E-state index contributed by atoms with van der Waals surface area (Å²) < 4.78 is 5.35. The summed E-state index contributed by atoms with van der Waals surface area (Å²) in [5.74, 6) is 0.597. The lowest BCUT2D eigenvalue weighted by Gasteiger charge is -2.28. The van der Waals surface area contributed by atoms with E-state index < -0.39 is 0 Å². The first kappa shape index (κ1) is 19.8. The molecule has 0 unspecified atom stereocenters. The molecule has 0 bridgehead atoms. The summed E-state index contributed by atoms with van der Waals surface area (Å²) >= 11 is 0. The Morgan fingerprint density at radius 3 is 2.87 bits per heavy atom. The van der Waals surface area contributed by atoms with Gasteiger partial charge in [0.15, 0.2) is 0 Å². The number of carbonyl (C=O) groups is 2. The van der Waals surface area contributed by atoms with Gasteiger partial charge in [-0.25, -0.2) is 9.97 Å². The Bertz CT molecular complexity index is 1040. The molecular weight excluding hydrogens is 384 g/mol. The highest BCUT2D eigenvalue weighted by Gasteiger charge is 2.21. The smallest absolute Gasteiger partial charge is 0.254 e. The van der Waals surface area contributed by atoms with Gasteiger partial charge in [-0.2, -0.15) is 0 Å². The molecule has 0 aliphatic carbocycles. The highest BCUT2D eigenvalue weighted by atomic mass is 16.5. The second-order valence-corrected chi connectivity index (χ2v) is 7.03. The summed E-state index contributed by atoms with van der Waals surface area (Å²) in [6.45, 7) is 4.71. The Hall–Kier alpha value is -3.46. The van der Waals surface area contributed by atoms with Crippen LogP contribution in [0, 0.1) is 0 Å². The number of morpholine rings is 1. The molecule has 2 amide bonds. The predicted octanol–water partition coefficient (Wildman–Crippen LogP) is 1.70. The van der Waals surface area contributed by atoms with E-state index in [0.717, 1.165) is 16.7 Å². The van der Waals surface area contributed by atoms with E-state index >= 15 is 0 Å². The van der Waals surface area contributed by atoms with Crippen molar-refractivity contribution in [1.82, 2.24) is 25.2 Å². The lowest BCUT2D eigenvalue weighted by Crippen LogP contribution is -2.40. The number of anilines is 2. The Kier molecular flexibility index (Phi) is 5.89. The number of nitrogens with one attached hydrogen (secondary N) is 2. The van der Waals surface area contributed by atoms with Crippen molar-refractivity contribution in [2.45, 2.75) is 6.92 Å². The van der Waals surface area contributed by atoms with Crippen molar-refractivity contribution in [3.8, 4) is 0 Å². The number of ether oxygens (including phenoxy) is 1. The number of carbonyl (C=O) groups excluding carboxylic acids is 2. The largest absolute Gasteiger partial charge is 0.378 e. The van der Waals surface area contributed by atoms with Crippen molar-refractivity contribution < 1.29 is 14.3 Å². The van der Waals surface area contributed by atoms with Crippen LogP contribution in [0.4, 0.5) is 11.5 Å². The molecule has 156 valence electrons. The van der Waals surface area contributed by atoms with E-state index in [1.54, 1.807) is 4.90 Å². The summed E-state index contributed by atoms with van der Waals surface area (Å²) in [5.41, 5.74) is 2.16. The highest BCUT2D eigenvalue weighted by Crippen LogP contribution is 2.29. The van der Waals surface area contributed by atoms with Crippen LogP contribution in [0.1, 0.15) is 17.3 Å². The van der Waals surface area contributed by atoms with E-state index in [0.29, 0.717) is 50.8 Å². The van der Waals surface area contributed by atoms with E-state index in [2.05, 4.69) is 20.3 Å². The first-order valence-corrected chi connectivity index (χ1v) is 9.90. The molecule has 1 fully saturated rings. The van der Waals surface area contributed by atoms with Crippen molar-refractivity contribution in [3.63, 3.8) is 0 Å². The lowest BCUT2D eigenvalue weighted by molar-refractivity contribution is -0.118. The third-order valence-electron chi connectivity index (χ3n) is 5.00. The molecule has 3 heterocycles. The van der Waals surface area contributed by atoms with Crippen LogP contribution in [0.5, 0.6) is 0 Å². The molecule has 1 aliphatic rings. The van der Waals surface area contributed by atoms with E-state index in [1.807, 2.05) is 41.4 Å². The number of hydrogen-bond acceptors (Lipinski definition) is 6. The van der Waals surface area contributed by atoms with Crippen LogP contribution in [0.2, 0.25) is 0 Å². The van der Waals surface area contributed by atoms with Crippen molar-refractivity contribution in [2.24, 2.45) is 0 Å². The van der Waals surface area contributed by atoms with Crippen LogP contribution in [-0.2, 0) is 9.53 Å². The quantitative estimate of drug-likeness (QED) is 0.644. The number of amides is 2. The van der Waals surface area contributed by atoms with Crippen molar-refractivity contribution in [1.29, 1.82) is 0 Å². The second-order valence-electron chi connectivity index (χ2n) is 7.03. The third-order valence-corrected chi connectivity index (χ3v) is 5.00. The molecule has 1 aromatic carbocycles. The minimum Gasteiger partial charge on any atom is -0.378 e. The van der Waals surface area contributed by atoms with Crippen LogP contribution in [0.15, 0.2) is 42.9 Å². The number of H-pyrrole nitrogens is 1. The minimum absolute atomic E-state index is 0.0172. The molecule has 1 aliphatic heterocycles. The number of rotatable bonds is 6. The molecule has 9 nitrogen and oxygen atoms in total. The van der Waals surface area contributed by atoms with E-state index in [1.165, 1.54) is 13.3 Å². The first-order valence-electron chi connectivity index (χ1n) is 9.90. The van der Waals surface area contributed by atoms with Crippen LogP contribution < -0.4 is 10.2 Å². The third kappa shape index (κ3) is 4.25. The molecule has 3 aromatic rings. The lowest BCUT2D eigenvalue weighted by atomic mass is 10.1. The second kappa shape index (κ2) is 8.91. The fourth-order valence-electron chi connectivity index (χ4n) is 3.53. The van der Waals surface area contributed by atoms with Gasteiger partial charge in [-0.1, -0.05) is 6.07 Å². The van der Waals surface area contributed by atoms with E-state index in [-0.39, 0.29) is 11.8 Å². The fourth-order valence-corrected chi connectivity index (χ4v) is 3.53. The Morgan fingerprint density at radius 1 is 1.23 bits per heavy atom. The van der Waals surface area contributed by atoms with Crippen LogP contribution >= 0.6 is 0 Å². The molecule has 4 rings (SSSR count). The summed E-state index contributed by atoms with van der Waals surface area (Å²) in [7, 11) is 0. The molecule has 0 spiro atoms. The van der Waals surface area contributed by atoms with Gasteiger partial charge in [0.2, 0.25) is 5.91 Å². The highest BCUT2D eigenvalue weighted by molar-refractivity contribution is 5.96. The molecule has 2 aromatic heterocycles. The maximum atomic E-state index is 12.9. The van der Waals surface area contributed by atoms with Crippen molar-refractivity contribution in [2.75, 3.05) is 44.3 Å². The van der Waals surface area contributed by atoms with Gasteiger partial charge in [0.05, 0.1) is 18.6 Å². The van der Waals surface area contributed by atoms with Crippen molar-refractivity contribution in [3.05, 3.63) is 48.4 Å². The summed E-state index contributed by atoms with van der Waals surface area (Å²) in [4.78, 5) is 40.0. The summed E-state index contributed by atoms with van der Waals surface area (Å²) in [6, 6.07) is 9.40. The maximum Gasteiger partial charge on any atom is 0.254 e. The number of aromatic amines is 1. The summed E-state index contributed by atoms with van der Waals surface area (Å²) in [5, 5.41) is 3.69. The molecule has 9 heteroatoms. The van der Waals surface area contributed by atoms with Crippen LogP contribution in [0.25, 0.3) is 11.0 Å². The van der Waals surface area contributed by atoms with Gasteiger partial charge in [0, 0.05) is 50.6 Å². The number of fused-ring (bicyclic) bond motifs is 1. The van der Waals surface area contributed by atoms with Gasteiger partial charge >= 0.3 is 0 Å². The minimum atomic E-state index is -0.0966. The number of benzene rings is 1. The van der Waals surface area contributed by atoms with Gasteiger partial charge in [-0.15, -0.1) is 0 Å². The van der Waals surface area contributed by atoms with Gasteiger partial charge in [-0.05, 0) is 24.3 Å². The standard InChI is InChI=1S/C21H24N6O3/c1-15(28)22-7-8-27(20-18-5-6-23-19(18)24-14-25-20)17-4-2-3-16(13-17)21(29)26-9-11-30-12-10-26/h2-6,13-14H,7-12H2,1H3,(H,22,28)(H,23,24,25). The molecule has 1 saturated heterocycles. The zero-order valence-corrected chi connectivity index (χ0v) is 16.8. The predicted molar refractivity (Wildman–Crippen MR) is 113 cm³/mol. The number of hydrogen-bond donors (Lipinski definition) is 2. The Morgan fingerprint density at radius 2 is 2.07 bits per heavy atom. The maximum absolute atomic E-state index is 12.9. The Balaban J connectivity index is 1.67. The van der Waals surface area contributed by atoms with Gasteiger partial charge in [-0.3, -0.25) is 9.59 Å². The SMILES string of the molecule is CC(=O)NCCN(c1cccc(C(=O)N2CCOCC2)c1)c1ncnc2[nH]ccc12. The van der Waals surface area contributed by atoms with E-state index in [9.17, 15) is 9.59 Å². The van der Waals surface area contributed by atoms with Crippen molar-refractivity contribution >= 4 is 34.4 Å². The normalized spacial score (nSPS) is 14.0. The Labute approximate surface area is 174 Å². The molecule has 0 radical (unpaired) electrons. The monoisotopic (exact) mass is 408 g/mol. The van der Waals surface area contributed by atoms with Crippen LogP contribution in [0.3, 0.4) is 0 Å². The molecular formula is C21H24N6O3. The topological polar surface area (TPSA) is 103 Å².